The fraction of sp³-hybridized carbons (Fsp3) is 0.600. The van der Waals surface area contributed by atoms with Gasteiger partial charge in [-0.3, -0.25) is 4.90 Å². The van der Waals surface area contributed by atoms with Crippen molar-refractivity contribution in [1.29, 1.82) is 0 Å². The summed E-state index contributed by atoms with van der Waals surface area (Å²) in [6, 6.07) is 6.42. The predicted octanol–water partition coefficient (Wildman–Crippen LogP) is 3.29. The number of aromatic hydroxyl groups is 1. The zero-order valence-corrected chi connectivity index (χ0v) is 13.9. The Balaban J connectivity index is 0.00000180. The van der Waals surface area contributed by atoms with Crippen LogP contribution in [0, 0.1) is 6.92 Å². The van der Waals surface area contributed by atoms with Crippen LogP contribution in [0.15, 0.2) is 18.2 Å². The van der Waals surface area contributed by atoms with Gasteiger partial charge in [0.2, 0.25) is 0 Å². The lowest BCUT2D eigenvalue weighted by molar-refractivity contribution is 0.162. The summed E-state index contributed by atoms with van der Waals surface area (Å²) >= 11 is 0. The number of nitrogens with zero attached hydrogens (tertiary/aromatic N) is 1. The van der Waals surface area contributed by atoms with E-state index < -0.39 is 0 Å². The molecule has 0 saturated carbocycles. The predicted molar refractivity (Wildman–Crippen MR) is 89.4 cm³/mol. The first kappa shape index (κ1) is 19.5. The van der Waals surface area contributed by atoms with Crippen LogP contribution in [0.25, 0.3) is 0 Å². The molecule has 1 aromatic rings. The quantitative estimate of drug-likeness (QED) is 0.893. The molecule has 1 fully saturated rings. The standard InChI is InChI=1S/C15H24N2O.2ClH/c1-3-4-14(17-9-7-16-8-10-17)13-6-5-12(2)11-15(13)18;;/h5-6,11,14,16,18H,3-4,7-10H2,1-2H3;2*1H/t14-;;/m1../s1. The van der Waals surface area contributed by atoms with E-state index in [1.807, 2.05) is 13.0 Å². The average Bonchev–Trinajstić information content (AvgIpc) is 2.38. The molecule has 0 unspecified atom stereocenters. The lowest BCUT2D eigenvalue weighted by atomic mass is 9.98. The number of piperazine rings is 1. The Morgan fingerprint density at radius 1 is 1.25 bits per heavy atom. The molecule has 2 N–H and O–H groups in total. The summed E-state index contributed by atoms with van der Waals surface area (Å²) in [5, 5.41) is 13.6. The minimum absolute atomic E-state index is 0. The van der Waals surface area contributed by atoms with Crippen molar-refractivity contribution in [2.24, 2.45) is 0 Å². The number of benzene rings is 1. The van der Waals surface area contributed by atoms with Gasteiger partial charge in [-0.1, -0.05) is 25.5 Å². The number of hydrogen-bond donors (Lipinski definition) is 2. The topological polar surface area (TPSA) is 35.5 Å². The van der Waals surface area contributed by atoms with Crippen LogP contribution in [0.3, 0.4) is 0 Å². The monoisotopic (exact) mass is 320 g/mol. The van der Waals surface area contributed by atoms with E-state index in [-0.39, 0.29) is 24.8 Å². The molecule has 1 aliphatic heterocycles. The van der Waals surface area contributed by atoms with Gasteiger partial charge in [-0.2, -0.15) is 0 Å². The Morgan fingerprint density at radius 3 is 2.45 bits per heavy atom. The SMILES string of the molecule is CCC[C@H](c1ccc(C)cc1O)N1CCNCC1.Cl.Cl. The molecule has 1 aromatic carbocycles. The number of phenolic OH excluding ortho intramolecular Hbond substituents is 1. The van der Waals surface area contributed by atoms with E-state index in [4.69, 9.17) is 0 Å². The van der Waals surface area contributed by atoms with Crippen LogP contribution in [-0.2, 0) is 0 Å². The Morgan fingerprint density at radius 2 is 1.90 bits per heavy atom. The highest BCUT2D eigenvalue weighted by Crippen LogP contribution is 2.32. The van der Waals surface area contributed by atoms with Crippen LogP contribution in [0.2, 0.25) is 0 Å². The van der Waals surface area contributed by atoms with E-state index in [1.54, 1.807) is 0 Å². The van der Waals surface area contributed by atoms with E-state index in [1.165, 1.54) is 0 Å². The van der Waals surface area contributed by atoms with Crippen LogP contribution in [0.1, 0.15) is 36.9 Å². The summed E-state index contributed by atoms with van der Waals surface area (Å²) in [6.45, 7) is 8.46. The Kier molecular flexibility index (Phi) is 9.23. The van der Waals surface area contributed by atoms with Gasteiger partial charge in [-0.05, 0) is 25.0 Å². The molecule has 0 bridgehead atoms. The molecule has 0 radical (unpaired) electrons. The van der Waals surface area contributed by atoms with Gasteiger partial charge in [-0.15, -0.1) is 24.8 Å². The Labute approximate surface area is 134 Å². The summed E-state index contributed by atoms with van der Waals surface area (Å²) in [4.78, 5) is 2.49. The molecule has 1 heterocycles. The smallest absolute Gasteiger partial charge is 0.120 e. The summed E-state index contributed by atoms with van der Waals surface area (Å²) < 4.78 is 0. The molecule has 0 aromatic heterocycles. The molecular formula is C15H26Cl2N2O. The van der Waals surface area contributed by atoms with Gasteiger partial charge in [0, 0.05) is 37.8 Å². The highest BCUT2D eigenvalue weighted by molar-refractivity contribution is 5.85. The maximum absolute atomic E-state index is 10.2. The minimum Gasteiger partial charge on any atom is -0.508 e. The molecule has 1 saturated heterocycles. The second-order valence-corrected chi connectivity index (χ2v) is 5.15. The number of nitrogens with one attached hydrogen (secondary N) is 1. The number of hydrogen-bond acceptors (Lipinski definition) is 3. The van der Waals surface area contributed by atoms with Gasteiger partial charge in [0.25, 0.3) is 0 Å². The summed E-state index contributed by atoms with van der Waals surface area (Å²) in [7, 11) is 0. The van der Waals surface area contributed by atoms with Gasteiger partial charge in [-0.25, -0.2) is 0 Å². The van der Waals surface area contributed by atoms with Crippen molar-refractivity contribution >= 4 is 24.8 Å². The molecule has 1 atom stereocenters. The highest BCUT2D eigenvalue weighted by Gasteiger charge is 2.23. The molecule has 1 aliphatic rings. The van der Waals surface area contributed by atoms with Crippen molar-refractivity contribution in [3.05, 3.63) is 29.3 Å². The summed E-state index contributed by atoms with van der Waals surface area (Å²) in [6.07, 6.45) is 2.25. The number of aryl methyl sites for hydroxylation is 1. The first-order chi connectivity index (χ1) is 8.72. The second kappa shape index (κ2) is 9.46. The average molecular weight is 321 g/mol. The van der Waals surface area contributed by atoms with Crippen LogP contribution < -0.4 is 5.32 Å². The van der Waals surface area contributed by atoms with E-state index in [0.29, 0.717) is 11.8 Å². The maximum atomic E-state index is 10.2. The normalized spacial score (nSPS) is 16.9. The van der Waals surface area contributed by atoms with Crippen molar-refractivity contribution in [2.75, 3.05) is 26.2 Å². The van der Waals surface area contributed by atoms with Crippen molar-refractivity contribution < 1.29 is 5.11 Å². The summed E-state index contributed by atoms with van der Waals surface area (Å²) in [5.74, 6) is 0.451. The number of rotatable bonds is 4. The summed E-state index contributed by atoms with van der Waals surface area (Å²) in [5.41, 5.74) is 2.20. The largest absolute Gasteiger partial charge is 0.508 e. The zero-order valence-electron chi connectivity index (χ0n) is 12.3. The Bertz CT molecular complexity index is 395. The first-order valence-electron chi connectivity index (χ1n) is 6.96. The van der Waals surface area contributed by atoms with Gasteiger partial charge in [0.15, 0.2) is 0 Å². The highest BCUT2D eigenvalue weighted by atomic mass is 35.5. The maximum Gasteiger partial charge on any atom is 0.120 e. The third kappa shape index (κ3) is 4.81. The van der Waals surface area contributed by atoms with Crippen LogP contribution in [0.4, 0.5) is 0 Å². The molecule has 3 nitrogen and oxygen atoms in total. The minimum atomic E-state index is 0. The third-order valence-corrected chi connectivity index (χ3v) is 3.70. The van der Waals surface area contributed by atoms with Gasteiger partial charge in [0.1, 0.15) is 5.75 Å². The second-order valence-electron chi connectivity index (χ2n) is 5.15. The molecule has 116 valence electrons. The van der Waals surface area contributed by atoms with Gasteiger partial charge >= 0.3 is 0 Å². The fourth-order valence-electron chi connectivity index (χ4n) is 2.74. The first-order valence-corrected chi connectivity index (χ1v) is 6.96. The molecule has 0 amide bonds. The van der Waals surface area contributed by atoms with Crippen LogP contribution in [0.5, 0.6) is 5.75 Å². The zero-order chi connectivity index (χ0) is 13.0. The molecule has 0 aliphatic carbocycles. The van der Waals surface area contributed by atoms with Gasteiger partial charge in [0.05, 0.1) is 0 Å². The van der Waals surface area contributed by atoms with E-state index in [2.05, 4.69) is 29.3 Å². The van der Waals surface area contributed by atoms with Crippen LogP contribution >= 0.6 is 24.8 Å². The van der Waals surface area contributed by atoms with E-state index >= 15 is 0 Å². The van der Waals surface area contributed by atoms with Crippen molar-refractivity contribution in [2.45, 2.75) is 32.7 Å². The number of halogens is 2. The van der Waals surface area contributed by atoms with E-state index in [9.17, 15) is 5.11 Å². The lowest BCUT2D eigenvalue weighted by Gasteiger charge is -2.35. The molecular weight excluding hydrogens is 295 g/mol. The Hall–Kier alpha value is -0.480. The molecule has 20 heavy (non-hydrogen) atoms. The van der Waals surface area contributed by atoms with Gasteiger partial charge < -0.3 is 10.4 Å². The van der Waals surface area contributed by atoms with Crippen molar-refractivity contribution in [1.82, 2.24) is 10.2 Å². The van der Waals surface area contributed by atoms with Crippen molar-refractivity contribution in [3.8, 4) is 5.75 Å². The lowest BCUT2D eigenvalue weighted by Crippen LogP contribution is -2.45. The third-order valence-electron chi connectivity index (χ3n) is 3.70. The molecule has 2 rings (SSSR count). The number of phenols is 1. The van der Waals surface area contributed by atoms with E-state index in [0.717, 1.165) is 50.1 Å². The fourth-order valence-corrected chi connectivity index (χ4v) is 2.74. The van der Waals surface area contributed by atoms with Crippen LogP contribution in [-0.4, -0.2) is 36.2 Å². The molecule has 5 heteroatoms. The van der Waals surface area contributed by atoms with Crippen molar-refractivity contribution in [3.63, 3.8) is 0 Å². The molecule has 0 spiro atoms.